The molecule has 0 spiro atoms. The molecule has 5 nitrogen and oxygen atoms in total. The molecule has 1 atom stereocenters. The van der Waals surface area contributed by atoms with E-state index < -0.39 is 0 Å². The van der Waals surface area contributed by atoms with E-state index >= 15 is 0 Å². The quantitative estimate of drug-likeness (QED) is 0.459. The van der Waals surface area contributed by atoms with Crippen LogP contribution in [0.15, 0.2) is 23.3 Å². The maximum absolute atomic E-state index is 12.9. The number of hydrogen-bond donors (Lipinski definition) is 2. The van der Waals surface area contributed by atoms with Gasteiger partial charge in [0.1, 0.15) is 0 Å². The summed E-state index contributed by atoms with van der Waals surface area (Å²) < 4.78 is 0. The maximum atomic E-state index is 12.9. The van der Waals surface area contributed by atoms with Gasteiger partial charge in [-0.25, -0.2) is 5.84 Å². The van der Waals surface area contributed by atoms with Gasteiger partial charge in [0.25, 0.3) is 5.91 Å². The highest BCUT2D eigenvalue weighted by Crippen LogP contribution is 2.27. The molecule has 0 radical (unpaired) electrons. The van der Waals surface area contributed by atoms with Crippen LogP contribution in [0, 0.1) is 5.92 Å². The highest BCUT2D eigenvalue weighted by molar-refractivity contribution is 6.01. The zero-order chi connectivity index (χ0) is 18.5. The third-order valence-corrected chi connectivity index (χ3v) is 6.02. The number of rotatable bonds is 4. The zero-order valence-corrected chi connectivity index (χ0v) is 16.0. The summed E-state index contributed by atoms with van der Waals surface area (Å²) in [4.78, 5) is 25.5. The van der Waals surface area contributed by atoms with Gasteiger partial charge >= 0.3 is 0 Å². The first kappa shape index (κ1) is 19.2. The third kappa shape index (κ3) is 4.76. The first-order valence-corrected chi connectivity index (χ1v) is 10.4. The molecule has 0 heterocycles. The molecule has 0 aromatic rings. The number of hydrazine groups is 1. The number of allylic oxidation sites excluding steroid dienone is 1. The second kappa shape index (κ2) is 8.85. The number of amides is 2. The zero-order valence-electron chi connectivity index (χ0n) is 16.0. The monoisotopic (exact) mass is 359 g/mol. The molecule has 5 heteroatoms. The van der Waals surface area contributed by atoms with Crippen molar-refractivity contribution in [2.75, 3.05) is 0 Å². The van der Waals surface area contributed by atoms with Gasteiger partial charge in [0, 0.05) is 23.2 Å². The number of carbonyl (C=O) groups excluding carboxylic acids is 2. The molecule has 0 bridgehead atoms. The summed E-state index contributed by atoms with van der Waals surface area (Å²) in [7, 11) is 0. The van der Waals surface area contributed by atoms with Crippen LogP contribution >= 0.6 is 0 Å². The number of nitrogens with one attached hydrogen (secondary N) is 1. The minimum absolute atomic E-state index is 0.0108. The average Bonchev–Trinajstić information content (AvgIpc) is 2.67. The van der Waals surface area contributed by atoms with Crippen LogP contribution in [0.5, 0.6) is 0 Å². The summed E-state index contributed by atoms with van der Waals surface area (Å²) in [5.74, 6) is 6.17. The van der Waals surface area contributed by atoms with Crippen LogP contribution in [-0.2, 0) is 9.59 Å². The van der Waals surface area contributed by atoms with Crippen LogP contribution in [0.1, 0.15) is 77.6 Å². The van der Waals surface area contributed by atoms with E-state index in [0.717, 1.165) is 38.5 Å². The molecule has 0 aromatic heterocycles. The Morgan fingerprint density at radius 1 is 1.04 bits per heavy atom. The molecule has 2 amide bonds. The molecule has 3 aliphatic rings. The Morgan fingerprint density at radius 2 is 1.65 bits per heavy atom. The lowest BCUT2D eigenvalue weighted by Crippen LogP contribution is -2.47. The van der Waals surface area contributed by atoms with E-state index in [1.807, 2.05) is 6.08 Å². The van der Waals surface area contributed by atoms with E-state index in [1.54, 1.807) is 6.08 Å². The average molecular weight is 360 g/mol. The van der Waals surface area contributed by atoms with Crippen LogP contribution in [0.25, 0.3) is 0 Å². The lowest BCUT2D eigenvalue weighted by Gasteiger charge is -2.31. The van der Waals surface area contributed by atoms with Crippen molar-refractivity contribution in [3.8, 4) is 0 Å². The third-order valence-electron chi connectivity index (χ3n) is 6.02. The summed E-state index contributed by atoms with van der Waals surface area (Å²) in [5, 5.41) is 4.58. The first-order valence-electron chi connectivity index (χ1n) is 10.4. The molecular weight excluding hydrogens is 326 g/mol. The minimum Gasteiger partial charge on any atom is -0.350 e. The van der Waals surface area contributed by atoms with Gasteiger partial charge in [0.2, 0.25) is 5.91 Å². The Bertz CT molecular complexity index is 584. The van der Waals surface area contributed by atoms with E-state index in [4.69, 9.17) is 5.84 Å². The molecular formula is C21H33N3O2. The van der Waals surface area contributed by atoms with E-state index in [2.05, 4.69) is 12.2 Å². The summed E-state index contributed by atoms with van der Waals surface area (Å²) in [5.41, 5.74) is 1.29. The fraction of sp³-hybridized carbons (Fsp3) is 0.714. The Morgan fingerprint density at radius 3 is 2.31 bits per heavy atom. The van der Waals surface area contributed by atoms with Gasteiger partial charge in [-0.1, -0.05) is 51.5 Å². The van der Waals surface area contributed by atoms with E-state index in [-0.39, 0.29) is 29.8 Å². The van der Waals surface area contributed by atoms with Crippen molar-refractivity contribution in [3.05, 3.63) is 23.3 Å². The molecule has 3 N–H and O–H groups in total. The maximum Gasteiger partial charge on any atom is 0.267 e. The van der Waals surface area contributed by atoms with E-state index in [0.29, 0.717) is 17.6 Å². The molecule has 0 aliphatic heterocycles. The Hall–Kier alpha value is -1.62. The normalized spacial score (nSPS) is 25.2. The molecule has 26 heavy (non-hydrogen) atoms. The molecule has 0 saturated heterocycles. The van der Waals surface area contributed by atoms with Crippen LogP contribution in [0.2, 0.25) is 0 Å². The van der Waals surface area contributed by atoms with E-state index in [9.17, 15) is 9.59 Å². The highest BCUT2D eigenvalue weighted by Gasteiger charge is 2.28. The van der Waals surface area contributed by atoms with Crippen LogP contribution < -0.4 is 11.2 Å². The molecule has 2 fully saturated rings. The smallest absolute Gasteiger partial charge is 0.267 e. The fourth-order valence-corrected chi connectivity index (χ4v) is 4.50. The van der Waals surface area contributed by atoms with Gasteiger partial charge in [0.05, 0.1) is 0 Å². The van der Waals surface area contributed by atoms with Crippen molar-refractivity contribution < 1.29 is 9.59 Å². The Kier molecular flexibility index (Phi) is 6.52. The van der Waals surface area contributed by atoms with Crippen molar-refractivity contribution in [1.29, 1.82) is 0 Å². The van der Waals surface area contributed by atoms with E-state index in [1.165, 1.54) is 30.7 Å². The summed E-state index contributed by atoms with van der Waals surface area (Å²) in [6.07, 6.45) is 15.6. The first-order chi connectivity index (χ1) is 12.5. The predicted molar refractivity (Wildman–Crippen MR) is 103 cm³/mol. The van der Waals surface area contributed by atoms with Crippen molar-refractivity contribution in [1.82, 2.24) is 10.3 Å². The number of carbonyl (C=O) groups is 2. The SMILES string of the molecule is CC1C=C(C(=O)N(N)C2CCCCC2)C=C(C(=O)NC2CCCCC2)C1. The van der Waals surface area contributed by atoms with Gasteiger partial charge < -0.3 is 5.32 Å². The van der Waals surface area contributed by atoms with Crippen LogP contribution in [0.4, 0.5) is 0 Å². The summed E-state index contributed by atoms with van der Waals surface area (Å²) >= 11 is 0. The second-order valence-corrected chi connectivity index (χ2v) is 8.29. The van der Waals surface area contributed by atoms with Crippen LogP contribution in [-0.4, -0.2) is 28.9 Å². The second-order valence-electron chi connectivity index (χ2n) is 8.29. The van der Waals surface area contributed by atoms with Gasteiger partial charge in [-0.3, -0.25) is 14.6 Å². The highest BCUT2D eigenvalue weighted by atomic mass is 16.2. The predicted octanol–water partition coefficient (Wildman–Crippen LogP) is 3.36. The number of nitrogens with two attached hydrogens (primary N) is 1. The molecule has 3 rings (SSSR count). The van der Waals surface area contributed by atoms with Gasteiger partial charge in [-0.2, -0.15) is 0 Å². The van der Waals surface area contributed by atoms with Gasteiger partial charge in [0.15, 0.2) is 0 Å². The van der Waals surface area contributed by atoms with Crippen molar-refractivity contribution in [3.63, 3.8) is 0 Å². The standard InChI is InChI=1S/C21H33N3O2/c1-15-12-16(20(25)23-18-8-4-2-5-9-18)14-17(13-15)21(26)24(22)19-10-6-3-7-11-19/h13-15,18-19H,2-12,22H2,1H3,(H,23,25). The molecule has 144 valence electrons. The Labute approximate surface area is 157 Å². The van der Waals surface area contributed by atoms with Crippen LogP contribution in [0.3, 0.4) is 0 Å². The molecule has 2 saturated carbocycles. The lowest BCUT2D eigenvalue weighted by molar-refractivity contribution is -0.130. The van der Waals surface area contributed by atoms with Gasteiger partial charge in [-0.15, -0.1) is 0 Å². The molecule has 1 unspecified atom stereocenters. The summed E-state index contributed by atoms with van der Waals surface area (Å²) in [6, 6.07) is 0.410. The lowest BCUT2D eigenvalue weighted by atomic mass is 9.89. The minimum atomic E-state index is -0.147. The number of nitrogens with zero attached hydrogens (tertiary/aromatic N) is 1. The molecule has 3 aliphatic carbocycles. The van der Waals surface area contributed by atoms with Gasteiger partial charge in [-0.05, 0) is 44.1 Å². The largest absolute Gasteiger partial charge is 0.350 e. The molecule has 0 aromatic carbocycles. The van der Waals surface area contributed by atoms with Crippen molar-refractivity contribution >= 4 is 11.8 Å². The number of hydrogen-bond acceptors (Lipinski definition) is 3. The topological polar surface area (TPSA) is 75.4 Å². The van der Waals surface area contributed by atoms with Crippen molar-refractivity contribution in [2.24, 2.45) is 11.8 Å². The van der Waals surface area contributed by atoms with Crippen molar-refractivity contribution in [2.45, 2.75) is 89.6 Å². The fourth-order valence-electron chi connectivity index (χ4n) is 4.50. The Balaban J connectivity index is 1.66. The summed E-state index contributed by atoms with van der Waals surface area (Å²) in [6.45, 7) is 2.05.